The highest BCUT2D eigenvalue weighted by Gasteiger charge is 2.22. The molecule has 0 atom stereocenters. The lowest BCUT2D eigenvalue weighted by atomic mass is 9.89. The zero-order chi connectivity index (χ0) is 19.5. The van der Waals surface area contributed by atoms with E-state index in [4.69, 9.17) is 12.2 Å². The molecule has 0 spiro atoms. The molecule has 0 aliphatic carbocycles. The van der Waals surface area contributed by atoms with Gasteiger partial charge in [-0.25, -0.2) is 0 Å². The third kappa shape index (κ3) is 3.85. The predicted octanol–water partition coefficient (Wildman–Crippen LogP) is 5.72. The van der Waals surface area contributed by atoms with E-state index >= 15 is 0 Å². The van der Waals surface area contributed by atoms with Crippen molar-refractivity contribution in [2.45, 2.75) is 39.0 Å². The van der Waals surface area contributed by atoms with E-state index in [-0.39, 0.29) is 0 Å². The summed E-state index contributed by atoms with van der Waals surface area (Å²) in [7, 11) is 0. The van der Waals surface area contributed by atoms with Crippen molar-refractivity contribution >= 4 is 33.8 Å². The Morgan fingerprint density at radius 3 is 2.68 bits per heavy atom. The Kier molecular flexibility index (Phi) is 5.79. The second-order valence-corrected chi connectivity index (χ2v) is 8.09. The summed E-state index contributed by atoms with van der Waals surface area (Å²) >= 11 is 5.72. The van der Waals surface area contributed by atoms with Crippen LogP contribution in [0.2, 0.25) is 0 Å². The molecule has 2 N–H and O–H groups in total. The molecule has 1 aromatic heterocycles. The van der Waals surface area contributed by atoms with Crippen LogP contribution in [0.3, 0.4) is 0 Å². The van der Waals surface area contributed by atoms with Crippen LogP contribution >= 0.6 is 12.2 Å². The largest absolute Gasteiger partial charge is 0.361 e. The second-order valence-electron chi connectivity index (χ2n) is 7.68. The quantitative estimate of drug-likeness (QED) is 0.546. The number of hydrogen-bond acceptors (Lipinski definition) is 2. The summed E-state index contributed by atoms with van der Waals surface area (Å²) in [6.45, 7) is 7.98. The lowest BCUT2D eigenvalue weighted by molar-refractivity contribution is 0.223. The van der Waals surface area contributed by atoms with Crippen molar-refractivity contribution in [3.8, 4) is 0 Å². The minimum Gasteiger partial charge on any atom is -0.361 e. The van der Waals surface area contributed by atoms with Gasteiger partial charge in [0.25, 0.3) is 0 Å². The van der Waals surface area contributed by atoms with E-state index in [1.807, 2.05) is 0 Å². The fraction of sp³-hybridized carbons (Fsp3) is 0.375. The molecule has 1 fully saturated rings. The number of aryl methyl sites for hydroxylation is 1. The maximum Gasteiger partial charge on any atom is 0.111 e. The number of anilines is 1. The lowest BCUT2D eigenvalue weighted by Crippen LogP contribution is -2.32. The number of fused-ring (bicyclic) bond motifs is 1. The molecule has 1 aliphatic heterocycles. The van der Waals surface area contributed by atoms with Gasteiger partial charge in [-0.05, 0) is 74.1 Å². The van der Waals surface area contributed by atoms with Crippen LogP contribution in [0.25, 0.3) is 10.9 Å². The first-order chi connectivity index (χ1) is 13.7. The summed E-state index contributed by atoms with van der Waals surface area (Å²) in [6.07, 6.45) is 5.67. The van der Waals surface area contributed by atoms with Gasteiger partial charge >= 0.3 is 0 Å². The Morgan fingerprint density at radius 1 is 1.14 bits per heavy atom. The molecule has 1 aliphatic rings. The zero-order valence-corrected chi connectivity index (χ0v) is 17.6. The van der Waals surface area contributed by atoms with E-state index < -0.39 is 0 Å². The first kappa shape index (κ1) is 19.2. The summed E-state index contributed by atoms with van der Waals surface area (Å²) in [4.78, 5) is 6.81. The number of aromatic nitrogens is 1. The van der Waals surface area contributed by atoms with Gasteiger partial charge in [0.15, 0.2) is 0 Å². The number of piperidine rings is 1. The van der Waals surface area contributed by atoms with Gasteiger partial charge in [0.2, 0.25) is 0 Å². The fourth-order valence-corrected chi connectivity index (χ4v) is 4.68. The molecule has 146 valence electrons. The second kappa shape index (κ2) is 8.46. The minimum atomic E-state index is 0.638. The van der Waals surface area contributed by atoms with Crippen LogP contribution in [0.15, 0.2) is 48.7 Å². The third-order valence-electron chi connectivity index (χ3n) is 6.09. The number of nitrogens with zero attached hydrogens (tertiary/aromatic N) is 1. The molecule has 0 unspecified atom stereocenters. The van der Waals surface area contributed by atoms with Gasteiger partial charge in [-0.3, -0.25) is 0 Å². The number of aromatic amines is 1. The summed E-state index contributed by atoms with van der Waals surface area (Å²) in [6, 6.07) is 14.9. The molecule has 2 aromatic carbocycles. The number of hydrogen-bond donors (Lipinski definition) is 2. The van der Waals surface area contributed by atoms with Crippen LogP contribution in [0.4, 0.5) is 5.69 Å². The van der Waals surface area contributed by atoms with Gasteiger partial charge in [0.05, 0.1) is 0 Å². The van der Waals surface area contributed by atoms with Gasteiger partial charge in [0.1, 0.15) is 4.99 Å². The Morgan fingerprint density at radius 2 is 1.93 bits per heavy atom. The summed E-state index contributed by atoms with van der Waals surface area (Å²) < 4.78 is 0. The molecule has 28 heavy (non-hydrogen) atoms. The Hall–Kier alpha value is -2.17. The van der Waals surface area contributed by atoms with Gasteiger partial charge in [0, 0.05) is 28.4 Å². The zero-order valence-electron chi connectivity index (χ0n) is 16.8. The molecule has 3 aromatic rings. The van der Waals surface area contributed by atoms with Crippen molar-refractivity contribution < 1.29 is 0 Å². The molecule has 3 nitrogen and oxygen atoms in total. The normalized spacial score (nSPS) is 15.8. The number of likely N-dealkylation sites (tertiary alicyclic amines) is 1. The van der Waals surface area contributed by atoms with E-state index in [0.717, 1.165) is 29.2 Å². The van der Waals surface area contributed by atoms with E-state index in [2.05, 4.69) is 77.7 Å². The maximum absolute atomic E-state index is 5.72. The van der Waals surface area contributed by atoms with Crippen LogP contribution in [0.5, 0.6) is 0 Å². The monoisotopic (exact) mass is 391 g/mol. The highest BCUT2D eigenvalue weighted by Crippen LogP contribution is 2.34. The molecule has 0 radical (unpaired) electrons. The number of H-pyrrole nitrogens is 1. The van der Waals surface area contributed by atoms with Crippen molar-refractivity contribution in [1.82, 2.24) is 9.88 Å². The summed E-state index contributed by atoms with van der Waals surface area (Å²) in [5, 5.41) is 4.80. The van der Waals surface area contributed by atoms with Crippen molar-refractivity contribution in [3.63, 3.8) is 0 Å². The average molecular weight is 392 g/mol. The van der Waals surface area contributed by atoms with E-state index in [9.17, 15) is 0 Å². The van der Waals surface area contributed by atoms with Gasteiger partial charge < -0.3 is 15.2 Å². The number of thiocarbonyl (C=S) groups is 1. The molecule has 4 rings (SSSR count). The van der Waals surface area contributed by atoms with Crippen LogP contribution in [-0.2, 0) is 6.42 Å². The topological polar surface area (TPSA) is 31.1 Å². The van der Waals surface area contributed by atoms with E-state index in [1.54, 1.807) is 0 Å². The van der Waals surface area contributed by atoms with Crippen molar-refractivity contribution in [1.29, 1.82) is 0 Å². The van der Waals surface area contributed by atoms with Crippen molar-refractivity contribution in [2.24, 2.45) is 0 Å². The van der Waals surface area contributed by atoms with Crippen molar-refractivity contribution in [2.75, 3.05) is 25.0 Å². The smallest absolute Gasteiger partial charge is 0.111 e. The lowest BCUT2D eigenvalue weighted by Gasteiger charge is -2.31. The molecule has 0 amide bonds. The number of rotatable bonds is 5. The minimum absolute atomic E-state index is 0.638. The van der Waals surface area contributed by atoms with Gasteiger partial charge in [-0.2, -0.15) is 0 Å². The predicted molar refractivity (Wildman–Crippen MR) is 124 cm³/mol. The van der Waals surface area contributed by atoms with Crippen LogP contribution in [-0.4, -0.2) is 34.5 Å². The maximum atomic E-state index is 5.72. The number of benzene rings is 2. The highest BCUT2D eigenvalue weighted by molar-refractivity contribution is 7.81. The molecule has 2 heterocycles. The first-order valence-electron chi connectivity index (χ1n) is 10.4. The van der Waals surface area contributed by atoms with Crippen molar-refractivity contribution in [3.05, 3.63) is 65.4 Å². The molecule has 0 bridgehead atoms. The highest BCUT2D eigenvalue weighted by atomic mass is 32.1. The Balaban J connectivity index is 1.57. The molecule has 1 saturated heterocycles. The van der Waals surface area contributed by atoms with E-state index in [0.29, 0.717) is 5.92 Å². The summed E-state index contributed by atoms with van der Waals surface area (Å²) in [5.74, 6) is 0.638. The number of nitrogens with one attached hydrogen (secondary N) is 2. The Bertz CT molecular complexity index is 967. The van der Waals surface area contributed by atoms with Gasteiger partial charge in [-0.15, -0.1) is 0 Å². The molecule has 4 heteroatoms. The van der Waals surface area contributed by atoms with Crippen LogP contribution in [0, 0.1) is 0 Å². The van der Waals surface area contributed by atoms with E-state index in [1.165, 1.54) is 48.0 Å². The molecule has 0 saturated carbocycles. The standard InChI is InChI=1S/C24H29N3S/c1-3-17-7-5-6-8-20(17)24(28)26-19-9-10-23-21(15-19)22(16-25-23)18-11-13-27(4-2)14-12-18/h5-10,15-16,18,25H,3-4,11-14H2,1-2H3,(H,26,28). The fourth-order valence-electron chi connectivity index (χ4n) is 4.37. The van der Waals surface area contributed by atoms with Crippen LogP contribution < -0.4 is 5.32 Å². The van der Waals surface area contributed by atoms with Crippen LogP contribution in [0.1, 0.15) is 49.3 Å². The molecular weight excluding hydrogens is 362 g/mol. The molecular formula is C24H29N3S. The summed E-state index contributed by atoms with van der Waals surface area (Å²) in [5.41, 5.74) is 6.13. The SMILES string of the molecule is CCc1ccccc1C(=S)Nc1ccc2[nH]cc(C3CCN(CC)CC3)c2c1. The van der Waals surface area contributed by atoms with Gasteiger partial charge in [-0.1, -0.05) is 50.3 Å². The first-order valence-corrected chi connectivity index (χ1v) is 10.8. The Labute approximate surface area is 173 Å². The third-order valence-corrected chi connectivity index (χ3v) is 6.41. The average Bonchev–Trinajstić information content (AvgIpc) is 3.17.